The van der Waals surface area contributed by atoms with Crippen molar-refractivity contribution in [2.45, 2.75) is 46.6 Å². The standard InChI is InChI=1S/C12H22N4O/c1-5-7-16(8(3)4)12(17)11-10(13)9(6-2)14-15-11/h8H,5-7,13H2,1-4H3,(H,14,15). The van der Waals surface area contributed by atoms with Crippen molar-refractivity contribution < 1.29 is 4.79 Å². The minimum Gasteiger partial charge on any atom is -0.395 e. The molecule has 0 aliphatic rings. The molecule has 0 aliphatic carbocycles. The molecule has 0 atom stereocenters. The number of amides is 1. The third-order valence-corrected chi connectivity index (χ3v) is 2.79. The Kier molecular flexibility index (Phi) is 4.54. The molecular formula is C12H22N4O. The highest BCUT2D eigenvalue weighted by atomic mass is 16.2. The molecule has 0 aliphatic heterocycles. The van der Waals surface area contributed by atoms with Gasteiger partial charge in [0.1, 0.15) is 0 Å². The van der Waals surface area contributed by atoms with Crippen molar-refractivity contribution in [2.24, 2.45) is 0 Å². The number of nitrogens with zero attached hydrogens (tertiary/aromatic N) is 2. The van der Waals surface area contributed by atoms with Crippen LogP contribution in [-0.2, 0) is 6.42 Å². The van der Waals surface area contributed by atoms with Gasteiger partial charge in [0.05, 0.1) is 11.4 Å². The topological polar surface area (TPSA) is 75.0 Å². The van der Waals surface area contributed by atoms with E-state index in [4.69, 9.17) is 5.73 Å². The molecule has 3 N–H and O–H groups in total. The van der Waals surface area contributed by atoms with Crippen LogP contribution in [0.3, 0.4) is 0 Å². The van der Waals surface area contributed by atoms with Gasteiger partial charge in [0.25, 0.3) is 5.91 Å². The molecule has 1 rings (SSSR count). The number of H-pyrrole nitrogens is 1. The summed E-state index contributed by atoms with van der Waals surface area (Å²) in [7, 11) is 0. The van der Waals surface area contributed by atoms with Crippen LogP contribution in [-0.4, -0.2) is 33.6 Å². The molecule has 5 heteroatoms. The number of aromatic nitrogens is 2. The zero-order valence-corrected chi connectivity index (χ0v) is 11.1. The Labute approximate surface area is 102 Å². The first-order valence-corrected chi connectivity index (χ1v) is 6.16. The highest BCUT2D eigenvalue weighted by molar-refractivity contribution is 5.97. The lowest BCUT2D eigenvalue weighted by Gasteiger charge is -2.25. The Morgan fingerprint density at radius 1 is 1.47 bits per heavy atom. The molecule has 1 aromatic heterocycles. The number of nitrogens with two attached hydrogens (primary N) is 1. The molecule has 5 nitrogen and oxygen atoms in total. The number of aromatic amines is 1. The molecule has 0 unspecified atom stereocenters. The smallest absolute Gasteiger partial charge is 0.276 e. The van der Waals surface area contributed by atoms with Crippen molar-refractivity contribution in [1.29, 1.82) is 0 Å². The van der Waals surface area contributed by atoms with Crippen LogP contribution >= 0.6 is 0 Å². The van der Waals surface area contributed by atoms with Gasteiger partial charge in [-0.1, -0.05) is 13.8 Å². The summed E-state index contributed by atoms with van der Waals surface area (Å²) < 4.78 is 0. The van der Waals surface area contributed by atoms with Gasteiger partial charge in [0.2, 0.25) is 0 Å². The Hall–Kier alpha value is -1.52. The van der Waals surface area contributed by atoms with Crippen LogP contribution < -0.4 is 5.73 Å². The van der Waals surface area contributed by atoms with Crippen LogP contribution in [0.1, 0.15) is 50.3 Å². The van der Waals surface area contributed by atoms with Crippen LogP contribution in [0.2, 0.25) is 0 Å². The lowest BCUT2D eigenvalue weighted by Crippen LogP contribution is -2.38. The van der Waals surface area contributed by atoms with E-state index in [9.17, 15) is 4.79 Å². The lowest BCUT2D eigenvalue weighted by atomic mass is 10.2. The molecule has 1 amide bonds. The van der Waals surface area contributed by atoms with Crippen LogP contribution in [0.4, 0.5) is 5.69 Å². The number of nitrogens with one attached hydrogen (secondary N) is 1. The fraction of sp³-hybridized carbons (Fsp3) is 0.667. The SMILES string of the molecule is CCCN(C(=O)c1n[nH]c(CC)c1N)C(C)C. The molecule has 0 aromatic carbocycles. The number of carbonyl (C=O) groups excluding carboxylic acids is 1. The van der Waals surface area contributed by atoms with Crippen molar-refractivity contribution in [3.8, 4) is 0 Å². The molecule has 0 fully saturated rings. The van der Waals surface area contributed by atoms with Crippen LogP contribution in [0.5, 0.6) is 0 Å². The van der Waals surface area contributed by atoms with Gasteiger partial charge in [0.15, 0.2) is 5.69 Å². The monoisotopic (exact) mass is 238 g/mol. The van der Waals surface area contributed by atoms with Gasteiger partial charge in [-0.3, -0.25) is 9.89 Å². The minimum absolute atomic E-state index is 0.0877. The van der Waals surface area contributed by atoms with E-state index in [0.717, 1.165) is 25.1 Å². The summed E-state index contributed by atoms with van der Waals surface area (Å²) in [5, 5.41) is 6.85. The Morgan fingerprint density at radius 3 is 2.53 bits per heavy atom. The molecular weight excluding hydrogens is 216 g/mol. The fourth-order valence-corrected chi connectivity index (χ4v) is 1.79. The zero-order valence-electron chi connectivity index (χ0n) is 11.1. The summed E-state index contributed by atoms with van der Waals surface area (Å²) in [6, 6.07) is 0.156. The first kappa shape index (κ1) is 13.5. The first-order chi connectivity index (χ1) is 8.02. The van der Waals surface area contributed by atoms with Gasteiger partial charge in [-0.25, -0.2) is 0 Å². The van der Waals surface area contributed by atoms with Crippen LogP contribution in [0.15, 0.2) is 0 Å². The first-order valence-electron chi connectivity index (χ1n) is 6.16. The minimum atomic E-state index is -0.0877. The number of hydrogen-bond donors (Lipinski definition) is 2. The van der Waals surface area contributed by atoms with Crippen LogP contribution in [0.25, 0.3) is 0 Å². The number of aryl methyl sites for hydroxylation is 1. The highest BCUT2D eigenvalue weighted by Crippen LogP contribution is 2.17. The third-order valence-electron chi connectivity index (χ3n) is 2.79. The van der Waals surface area contributed by atoms with Crippen molar-refractivity contribution >= 4 is 11.6 Å². The molecule has 0 spiro atoms. The second-order valence-electron chi connectivity index (χ2n) is 4.41. The maximum absolute atomic E-state index is 12.3. The maximum atomic E-state index is 12.3. The average Bonchev–Trinajstić information content (AvgIpc) is 2.66. The van der Waals surface area contributed by atoms with E-state index >= 15 is 0 Å². The number of hydrogen-bond acceptors (Lipinski definition) is 3. The second-order valence-corrected chi connectivity index (χ2v) is 4.41. The number of carbonyl (C=O) groups is 1. The summed E-state index contributed by atoms with van der Waals surface area (Å²) in [6.45, 7) is 8.75. The van der Waals surface area contributed by atoms with Gasteiger partial charge in [-0.2, -0.15) is 5.10 Å². The lowest BCUT2D eigenvalue weighted by molar-refractivity contribution is 0.0701. The average molecular weight is 238 g/mol. The quantitative estimate of drug-likeness (QED) is 0.821. The van der Waals surface area contributed by atoms with E-state index in [1.807, 2.05) is 27.7 Å². The molecule has 0 bridgehead atoms. The number of anilines is 1. The molecule has 1 heterocycles. The van der Waals surface area contributed by atoms with E-state index in [2.05, 4.69) is 10.2 Å². The van der Waals surface area contributed by atoms with E-state index in [-0.39, 0.29) is 11.9 Å². The fourth-order valence-electron chi connectivity index (χ4n) is 1.79. The Morgan fingerprint density at radius 2 is 2.12 bits per heavy atom. The van der Waals surface area contributed by atoms with Crippen molar-refractivity contribution in [1.82, 2.24) is 15.1 Å². The third kappa shape index (κ3) is 2.78. The predicted molar refractivity (Wildman–Crippen MR) is 68.8 cm³/mol. The van der Waals surface area contributed by atoms with E-state index < -0.39 is 0 Å². The Bertz CT molecular complexity index is 384. The largest absolute Gasteiger partial charge is 0.395 e. The normalized spacial score (nSPS) is 10.9. The van der Waals surface area contributed by atoms with Crippen molar-refractivity contribution in [3.63, 3.8) is 0 Å². The predicted octanol–water partition coefficient (Wildman–Crippen LogP) is 1.81. The van der Waals surface area contributed by atoms with Crippen molar-refractivity contribution in [2.75, 3.05) is 12.3 Å². The molecule has 96 valence electrons. The molecule has 0 saturated carbocycles. The summed E-state index contributed by atoms with van der Waals surface area (Å²) in [6.07, 6.45) is 1.68. The van der Waals surface area contributed by atoms with Gasteiger partial charge < -0.3 is 10.6 Å². The molecule has 0 saturated heterocycles. The van der Waals surface area contributed by atoms with Crippen LogP contribution in [0, 0.1) is 0 Å². The molecule has 0 radical (unpaired) electrons. The molecule has 17 heavy (non-hydrogen) atoms. The summed E-state index contributed by atoms with van der Waals surface area (Å²) >= 11 is 0. The number of rotatable bonds is 5. The van der Waals surface area contributed by atoms with Gasteiger partial charge >= 0.3 is 0 Å². The second kappa shape index (κ2) is 5.70. The maximum Gasteiger partial charge on any atom is 0.276 e. The zero-order chi connectivity index (χ0) is 13.0. The number of nitrogen functional groups attached to an aromatic ring is 1. The Balaban J connectivity index is 2.97. The summed E-state index contributed by atoms with van der Waals surface area (Å²) in [5.41, 5.74) is 7.57. The summed E-state index contributed by atoms with van der Waals surface area (Å²) in [5.74, 6) is -0.0877. The molecule has 1 aromatic rings. The van der Waals surface area contributed by atoms with E-state index in [1.54, 1.807) is 4.90 Å². The van der Waals surface area contributed by atoms with Crippen molar-refractivity contribution in [3.05, 3.63) is 11.4 Å². The van der Waals surface area contributed by atoms with E-state index in [0.29, 0.717) is 11.4 Å². The van der Waals surface area contributed by atoms with Gasteiger partial charge in [-0.05, 0) is 26.7 Å². The van der Waals surface area contributed by atoms with Gasteiger partial charge in [0, 0.05) is 12.6 Å². The summed E-state index contributed by atoms with van der Waals surface area (Å²) in [4.78, 5) is 14.1. The van der Waals surface area contributed by atoms with E-state index in [1.165, 1.54) is 0 Å². The highest BCUT2D eigenvalue weighted by Gasteiger charge is 2.23. The van der Waals surface area contributed by atoms with Gasteiger partial charge in [-0.15, -0.1) is 0 Å².